The normalized spacial score (nSPS) is 14.5. The molecule has 1 aromatic carbocycles. The van der Waals surface area contributed by atoms with E-state index in [1.165, 1.54) is 12.8 Å². The monoisotopic (exact) mass is 253 g/mol. The summed E-state index contributed by atoms with van der Waals surface area (Å²) in [5.74, 6) is 1.22. The van der Waals surface area contributed by atoms with Crippen molar-refractivity contribution in [2.24, 2.45) is 5.92 Å². The molecule has 1 aromatic rings. The van der Waals surface area contributed by atoms with Gasteiger partial charge in [-0.3, -0.25) is 4.79 Å². The van der Waals surface area contributed by atoms with Gasteiger partial charge >= 0.3 is 0 Å². The van der Waals surface area contributed by atoms with Crippen LogP contribution in [0.5, 0.6) is 5.75 Å². The summed E-state index contributed by atoms with van der Waals surface area (Å²) >= 11 is 5.91. The van der Waals surface area contributed by atoms with Crippen LogP contribution in [0.25, 0.3) is 0 Å². The topological polar surface area (TPSA) is 29.5 Å². The van der Waals surface area contributed by atoms with E-state index in [4.69, 9.17) is 16.3 Å². The first-order valence-corrected chi connectivity index (χ1v) is 6.08. The number of halogens is 1. The van der Waals surface area contributed by atoms with Gasteiger partial charge in [-0.1, -0.05) is 11.6 Å². The molecule has 0 heterocycles. The van der Waals surface area contributed by atoms with E-state index in [9.17, 15) is 4.79 Å². The van der Waals surface area contributed by atoms with Crippen LogP contribution in [0.3, 0.4) is 0 Å². The second-order valence-electron chi connectivity index (χ2n) is 4.47. The van der Waals surface area contributed by atoms with Crippen LogP contribution in [0.2, 0.25) is 5.02 Å². The van der Waals surface area contributed by atoms with E-state index in [1.807, 2.05) is 7.05 Å². The summed E-state index contributed by atoms with van der Waals surface area (Å²) in [6.07, 6.45) is 2.45. The Morgan fingerprint density at radius 3 is 2.82 bits per heavy atom. The van der Waals surface area contributed by atoms with E-state index in [0.717, 1.165) is 6.54 Å². The van der Waals surface area contributed by atoms with E-state index < -0.39 is 0 Å². The maximum atomic E-state index is 12.2. The number of carbonyl (C=O) groups is 1. The van der Waals surface area contributed by atoms with Gasteiger partial charge in [-0.15, -0.1) is 0 Å². The predicted molar refractivity (Wildman–Crippen MR) is 67.7 cm³/mol. The highest BCUT2D eigenvalue weighted by Gasteiger charge is 2.26. The molecule has 1 aliphatic carbocycles. The molecule has 0 atom stereocenters. The minimum absolute atomic E-state index is 0.0312. The standard InChI is InChI=1S/C13H16ClNO2/c1-15(8-9-3-4-9)13(16)11-7-10(14)5-6-12(11)17-2/h5-7,9H,3-4,8H2,1-2H3. The molecule has 0 aromatic heterocycles. The minimum atomic E-state index is -0.0312. The second kappa shape index (κ2) is 4.96. The lowest BCUT2D eigenvalue weighted by molar-refractivity contribution is 0.0785. The first-order valence-electron chi connectivity index (χ1n) is 5.71. The Balaban J connectivity index is 2.18. The molecule has 0 N–H and O–H groups in total. The smallest absolute Gasteiger partial charge is 0.257 e. The van der Waals surface area contributed by atoms with Crippen molar-refractivity contribution in [1.29, 1.82) is 0 Å². The van der Waals surface area contributed by atoms with Gasteiger partial charge in [0, 0.05) is 18.6 Å². The van der Waals surface area contributed by atoms with E-state index in [1.54, 1.807) is 30.2 Å². The highest BCUT2D eigenvalue weighted by atomic mass is 35.5. The van der Waals surface area contributed by atoms with Gasteiger partial charge in [0.15, 0.2) is 0 Å². The van der Waals surface area contributed by atoms with Crippen LogP contribution in [-0.4, -0.2) is 31.5 Å². The van der Waals surface area contributed by atoms with Gasteiger partial charge in [0.05, 0.1) is 12.7 Å². The van der Waals surface area contributed by atoms with E-state index >= 15 is 0 Å². The molecule has 92 valence electrons. The quantitative estimate of drug-likeness (QED) is 0.826. The molecule has 0 spiro atoms. The summed E-state index contributed by atoms with van der Waals surface area (Å²) in [4.78, 5) is 14.0. The molecular formula is C13H16ClNO2. The average molecular weight is 254 g/mol. The van der Waals surface area contributed by atoms with Gasteiger partial charge in [-0.05, 0) is 37.0 Å². The first kappa shape index (κ1) is 12.2. The van der Waals surface area contributed by atoms with Gasteiger partial charge in [0.2, 0.25) is 0 Å². The van der Waals surface area contributed by atoms with Crippen LogP contribution >= 0.6 is 11.6 Å². The number of carbonyl (C=O) groups excluding carboxylic acids is 1. The summed E-state index contributed by atoms with van der Waals surface area (Å²) in [6, 6.07) is 5.10. The largest absolute Gasteiger partial charge is 0.496 e. The molecule has 1 aliphatic rings. The molecule has 17 heavy (non-hydrogen) atoms. The van der Waals surface area contributed by atoms with Crippen molar-refractivity contribution in [2.45, 2.75) is 12.8 Å². The highest BCUT2D eigenvalue weighted by Crippen LogP contribution is 2.30. The van der Waals surface area contributed by atoms with E-state index in [0.29, 0.717) is 22.3 Å². The van der Waals surface area contributed by atoms with Crippen LogP contribution in [0.1, 0.15) is 23.2 Å². The number of methoxy groups -OCH3 is 1. The molecule has 1 fully saturated rings. The summed E-state index contributed by atoms with van der Waals surface area (Å²) in [6.45, 7) is 0.814. The third kappa shape index (κ3) is 2.91. The Hall–Kier alpha value is -1.22. The lowest BCUT2D eigenvalue weighted by atomic mass is 10.1. The number of hydrogen-bond donors (Lipinski definition) is 0. The number of amides is 1. The van der Waals surface area contributed by atoms with Crippen LogP contribution in [0, 0.1) is 5.92 Å². The van der Waals surface area contributed by atoms with Gasteiger partial charge in [0.1, 0.15) is 5.75 Å². The SMILES string of the molecule is COc1ccc(Cl)cc1C(=O)N(C)CC1CC1. The van der Waals surface area contributed by atoms with Gasteiger partial charge in [-0.25, -0.2) is 0 Å². The van der Waals surface area contributed by atoms with Crippen LogP contribution in [0.4, 0.5) is 0 Å². The molecule has 0 saturated heterocycles. The highest BCUT2D eigenvalue weighted by molar-refractivity contribution is 6.31. The Morgan fingerprint density at radius 1 is 1.53 bits per heavy atom. The van der Waals surface area contributed by atoms with Crippen molar-refractivity contribution >= 4 is 17.5 Å². The average Bonchev–Trinajstić information content (AvgIpc) is 3.11. The van der Waals surface area contributed by atoms with Crippen molar-refractivity contribution < 1.29 is 9.53 Å². The van der Waals surface area contributed by atoms with Crippen molar-refractivity contribution in [3.05, 3.63) is 28.8 Å². The zero-order valence-electron chi connectivity index (χ0n) is 10.1. The second-order valence-corrected chi connectivity index (χ2v) is 4.91. The van der Waals surface area contributed by atoms with Gasteiger partial charge < -0.3 is 9.64 Å². The summed E-state index contributed by atoms with van der Waals surface area (Å²) in [5.41, 5.74) is 0.531. The first-order chi connectivity index (χ1) is 8.11. The molecule has 1 amide bonds. The third-order valence-electron chi connectivity index (χ3n) is 2.97. The molecule has 0 radical (unpaired) electrons. The molecule has 0 unspecified atom stereocenters. The zero-order chi connectivity index (χ0) is 12.4. The Kier molecular flexibility index (Phi) is 3.57. The Labute approximate surface area is 106 Å². The fourth-order valence-electron chi connectivity index (χ4n) is 1.82. The van der Waals surface area contributed by atoms with Crippen LogP contribution in [0.15, 0.2) is 18.2 Å². The van der Waals surface area contributed by atoms with Gasteiger partial charge in [0.25, 0.3) is 5.91 Å². The number of benzene rings is 1. The third-order valence-corrected chi connectivity index (χ3v) is 3.20. The fourth-order valence-corrected chi connectivity index (χ4v) is 2.00. The Morgan fingerprint density at radius 2 is 2.24 bits per heavy atom. The maximum absolute atomic E-state index is 12.2. The number of hydrogen-bond acceptors (Lipinski definition) is 2. The van der Waals surface area contributed by atoms with Crippen molar-refractivity contribution in [1.82, 2.24) is 4.90 Å². The molecule has 2 rings (SSSR count). The molecule has 4 heteroatoms. The van der Waals surface area contributed by atoms with Gasteiger partial charge in [-0.2, -0.15) is 0 Å². The predicted octanol–water partition coefficient (Wildman–Crippen LogP) is 2.83. The number of ether oxygens (including phenoxy) is 1. The minimum Gasteiger partial charge on any atom is -0.496 e. The summed E-state index contributed by atoms with van der Waals surface area (Å²) in [7, 11) is 3.38. The molecule has 0 bridgehead atoms. The van der Waals surface area contributed by atoms with Crippen LogP contribution in [-0.2, 0) is 0 Å². The summed E-state index contributed by atoms with van der Waals surface area (Å²) in [5, 5.41) is 0.550. The Bertz CT molecular complexity index is 429. The van der Waals surface area contributed by atoms with E-state index in [2.05, 4.69) is 0 Å². The number of nitrogens with zero attached hydrogens (tertiary/aromatic N) is 1. The van der Waals surface area contributed by atoms with Crippen molar-refractivity contribution in [2.75, 3.05) is 20.7 Å². The van der Waals surface area contributed by atoms with E-state index in [-0.39, 0.29) is 5.91 Å². The molecule has 1 saturated carbocycles. The maximum Gasteiger partial charge on any atom is 0.257 e. The lowest BCUT2D eigenvalue weighted by Crippen LogP contribution is -2.29. The fraction of sp³-hybridized carbons (Fsp3) is 0.462. The number of rotatable bonds is 4. The van der Waals surface area contributed by atoms with Crippen LogP contribution < -0.4 is 4.74 Å². The molecule has 3 nitrogen and oxygen atoms in total. The van der Waals surface area contributed by atoms with Crippen molar-refractivity contribution in [3.63, 3.8) is 0 Å². The van der Waals surface area contributed by atoms with Crippen molar-refractivity contribution in [3.8, 4) is 5.75 Å². The summed E-state index contributed by atoms with van der Waals surface area (Å²) < 4.78 is 5.19. The molecular weight excluding hydrogens is 238 g/mol. The lowest BCUT2D eigenvalue weighted by Gasteiger charge is -2.18. The zero-order valence-corrected chi connectivity index (χ0v) is 10.8. The molecule has 0 aliphatic heterocycles.